The highest BCUT2D eigenvalue weighted by atomic mass is 35.5. The number of carbonyl (C=O) groups is 1. The molecule has 0 radical (unpaired) electrons. The molecule has 0 spiro atoms. The number of halogens is 1. The molecule has 1 aromatic rings. The van der Waals surface area contributed by atoms with Gasteiger partial charge in [-0.05, 0) is 25.0 Å². The van der Waals surface area contributed by atoms with Crippen LogP contribution >= 0.6 is 11.6 Å². The Kier molecular flexibility index (Phi) is 5.26. The molecule has 4 heteroatoms. The minimum atomic E-state index is -0.326. The van der Waals surface area contributed by atoms with Crippen LogP contribution < -0.4 is 0 Å². The summed E-state index contributed by atoms with van der Waals surface area (Å²) in [4.78, 5) is 15.7. The third-order valence-corrected chi connectivity index (χ3v) is 2.37. The lowest BCUT2D eigenvalue weighted by molar-refractivity contribution is 0.0499. The van der Waals surface area contributed by atoms with Crippen LogP contribution in [0.25, 0.3) is 0 Å². The molecule has 1 heterocycles. The van der Waals surface area contributed by atoms with E-state index in [4.69, 9.17) is 16.3 Å². The maximum atomic E-state index is 11.6. The zero-order valence-electron chi connectivity index (χ0n) is 9.62. The summed E-state index contributed by atoms with van der Waals surface area (Å²) in [5.41, 5.74) is 1.28. The van der Waals surface area contributed by atoms with Gasteiger partial charge in [-0.15, -0.1) is 0 Å². The lowest BCUT2D eigenvalue weighted by atomic mass is 10.2. The van der Waals surface area contributed by atoms with E-state index in [1.807, 2.05) is 13.8 Å². The van der Waals surface area contributed by atoms with Crippen LogP contribution in [0.15, 0.2) is 12.1 Å². The molecule has 0 amide bonds. The second-order valence-electron chi connectivity index (χ2n) is 3.51. The summed E-state index contributed by atoms with van der Waals surface area (Å²) in [5.74, 6) is -0.326. The molecule has 0 unspecified atom stereocenters. The molecule has 0 fully saturated rings. The summed E-state index contributed by atoms with van der Waals surface area (Å²) in [7, 11) is 0. The fourth-order valence-electron chi connectivity index (χ4n) is 1.24. The van der Waals surface area contributed by atoms with Gasteiger partial charge in [0.2, 0.25) is 0 Å². The molecule has 0 bridgehead atoms. The van der Waals surface area contributed by atoms with Crippen LogP contribution in [0.3, 0.4) is 0 Å². The smallest absolute Gasteiger partial charge is 0.338 e. The standard InChI is InChI=1S/C12H16ClNO2/c1-3-5-6-16-12(15)9-7-10(4-2)14-11(13)8-9/h7-8H,3-6H2,1-2H3. The summed E-state index contributed by atoms with van der Waals surface area (Å²) in [6, 6.07) is 3.26. The van der Waals surface area contributed by atoms with Crippen molar-refractivity contribution in [1.82, 2.24) is 4.98 Å². The molecule has 0 aliphatic rings. The van der Waals surface area contributed by atoms with Gasteiger partial charge in [-0.25, -0.2) is 9.78 Å². The van der Waals surface area contributed by atoms with Crippen molar-refractivity contribution in [3.8, 4) is 0 Å². The normalized spacial score (nSPS) is 10.2. The van der Waals surface area contributed by atoms with Gasteiger partial charge in [0.15, 0.2) is 0 Å². The van der Waals surface area contributed by atoms with Gasteiger partial charge in [0.25, 0.3) is 0 Å². The van der Waals surface area contributed by atoms with E-state index in [2.05, 4.69) is 4.98 Å². The van der Waals surface area contributed by atoms with Crippen LogP contribution in [-0.4, -0.2) is 17.6 Å². The Labute approximate surface area is 101 Å². The summed E-state index contributed by atoms with van der Waals surface area (Å²) in [6.45, 7) is 4.47. The third-order valence-electron chi connectivity index (χ3n) is 2.18. The van der Waals surface area contributed by atoms with Crippen LogP contribution in [0.5, 0.6) is 0 Å². The summed E-state index contributed by atoms with van der Waals surface area (Å²) >= 11 is 5.82. The second kappa shape index (κ2) is 6.48. The molecule has 0 saturated heterocycles. The van der Waals surface area contributed by atoms with Crippen molar-refractivity contribution in [3.05, 3.63) is 28.5 Å². The van der Waals surface area contributed by atoms with E-state index in [0.29, 0.717) is 17.3 Å². The van der Waals surface area contributed by atoms with Gasteiger partial charge in [-0.2, -0.15) is 0 Å². The number of unbranched alkanes of at least 4 members (excludes halogenated alkanes) is 1. The topological polar surface area (TPSA) is 39.2 Å². The van der Waals surface area contributed by atoms with Crippen LogP contribution in [0.1, 0.15) is 42.7 Å². The van der Waals surface area contributed by atoms with Crippen molar-refractivity contribution < 1.29 is 9.53 Å². The Morgan fingerprint density at radius 1 is 1.44 bits per heavy atom. The largest absolute Gasteiger partial charge is 0.462 e. The monoisotopic (exact) mass is 241 g/mol. The highest BCUT2D eigenvalue weighted by Gasteiger charge is 2.09. The van der Waals surface area contributed by atoms with Gasteiger partial charge in [0.05, 0.1) is 12.2 Å². The minimum absolute atomic E-state index is 0.326. The molecule has 0 aromatic carbocycles. The number of aromatic nitrogens is 1. The van der Waals surface area contributed by atoms with Crippen LogP contribution in [0.4, 0.5) is 0 Å². The van der Waals surface area contributed by atoms with Crippen molar-refractivity contribution in [3.63, 3.8) is 0 Å². The third kappa shape index (κ3) is 3.81. The van der Waals surface area contributed by atoms with Gasteiger partial charge in [0, 0.05) is 5.69 Å². The fourth-order valence-corrected chi connectivity index (χ4v) is 1.47. The predicted octanol–water partition coefficient (Wildman–Crippen LogP) is 3.25. The zero-order valence-corrected chi connectivity index (χ0v) is 10.4. The van der Waals surface area contributed by atoms with E-state index in [0.717, 1.165) is 25.0 Å². The number of esters is 1. The molecule has 3 nitrogen and oxygen atoms in total. The van der Waals surface area contributed by atoms with Crippen molar-refractivity contribution in [2.24, 2.45) is 0 Å². The number of hydrogen-bond acceptors (Lipinski definition) is 3. The average molecular weight is 242 g/mol. The van der Waals surface area contributed by atoms with Gasteiger partial charge >= 0.3 is 5.97 Å². The Balaban J connectivity index is 2.71. The number of hydrogen-bond donors (Lipinski definition) is 0. The van der Waals surface area contributed by atoms with Gasteiger partial charge < -0.3 is 4.74 Å². The molecule has 0 aliphatic heterocycles. The first-order valence-corrected chi connectivity index (χ1v) is 5.88. The van der Waals surface area contributed by atoms with Crippen LogP contribution in [0.2, 0.25) is 5.15 Å². The molecular formula is C12H16ClNO2. The summed E-state index contributed by atoms with van der Waals surface area (Å²) in [5, 5.41) is 0.335. The first-order valence-electron chi connectivity index (χ1n) is 5.51. The quantitative estimate of drug-likeness (QED) is 0.451. The highest BCUT2D eigenvalue weighted by Crippen LogP contribution is 2.12. The average Bonchev–Trinajstić information content (AvgIpc) is 2.28. The van der Waals surface area contributed by atoms with E-state index in [1.165, 1.54) is 6.07 Å². The van der Waals surface area contributed by atoms with E-state index in [-0.39, 0.29) is 5.97 Å². The molecular weight excluding hydrogens is 226 g/mol. The molecule has 88 valence electrons. The molecule has 0 atom stereocenters. The maximum absolute atomic E-state index is 11.6. The fraction of sp³-hybridized carbons (Fsp3) is 0.500. The molecule has 0 aliphatic carbocycles. The van der Waals surface area contributed by atoms with Gasteiger partial charge in [-0.3, -0.25) is 0 Å². The Morgan fingerprint density at radius 2 is 2.19 bits per heavy atom. The second-order valence-corrected chi connectivity index (χ2v) is 3.90. The number of nitrogens with zero attached hydrogens (tertiary/aromatic N) is 1. The predicted molar refractivity (Wildman–Crippen MR) is 63.8 cm³/mol. The zero-order chi connectivity index (χ0) is 12.0. The summed E-state index contributed by atoms with van der Waals surface area (Å²) in [6.07, 6.45) is 2.63. The Morgan fingerprint density at radius 3 is 2.81 bits per heavy atom. The number of ether oxygens (including phenoxy) is 1. The summed E-state index contributed by atoms with van der Waals surface area (Å²) < 4.78 is 5.10. The van der Waals surface area contributed by atoms with Gasteiger partial charge in [0.1, 0.15) is 5.15 Å². The number of rotatable bonds is 5. The lowest BCUT2D eigenvalue weighted by Crippen LogP contribution is -2.07. The van der Waals surface area contributed by atoms with Crippen molar-refractivity contribution in [2.75, 3.05) is 6.61 Å². The maximum Gasteiger partial charge on any atom is 0.338 e. The molecule has 1 rings (SSSR count). The van der Waals surface area contributed by atoms with E-state index in [1.54, 1.807) is 6.07 Å². The van der Waals surface area contributed by atoms with E-state index < -0.39 is 0 Å². The number of aryl methyl sites for hydroxylation is 1. The molecule has 16 heavy (non-hydrogen) atoms. The van der Waals surface area contributed by atoms with Crippen LogP contribution in [0, 0.1) is 0 Å². The minimum Gasteiger partial charge on any atom is -0.462 e. The highest BCUT2D eigenvalue weighted by molar-refractivity contribution is 6.29. The van der Waals surface area contributed by atoms with E-state index >= 15 is 0 Å². The Hall–Kier alpha value is -1.09. The van der Waals surface area contributed by atoms with Crippen molar-refractivity contribution in [2.45, 2.75) is 33.1 Å². The molecule has 1 aromatic heterocycles. The first-order chi connectivity index (χ1) is 7.67. The van der Waals surface area contributed by atoms with Crippen LogP contribution in [-0.2, 0) is 11.2 Å². The van der Waals surface area contributed by atoms with Crippen molar-refractivity contribution in [1.29, 1.82) is 0 Å². The van der Waals surface area contributed by atoms with Gasteiger partial charge in [-0.1, -0.05) is 31.9 Å². The first kappa shape index (κ1) is 13.0. The van der Waals surface area contributed by atoms with E-state index in [9.17, 15) is 4.79 Å². The number of carbonyl (C=O) groups excluding carboxylic acids is 1. The Bertz CT molecular complexity index is 366. The molecule has 0 N–H and O–H groups in total. The number of pyridine rings is 1. The molecule has 0 saturated carbocycles. The lowest BCUT2D eigenvalue weighted by Gasteiger charge is -2.05. The van der Waals surface area contributed by atoms with Crippen molar-refractivity contribution >= 4 is 17.6 Å². The SMILES string of the molecule is CCCCOC(=O)c1cc(Cl)nc(CC)c1.